The Kier molecular flexibility index (Phi) is 6.40. The molecule has 0 aliphatic carbocycles. The predicted octanol–water partition coefficient (Wildman–Crippen LogP) is 3.25. The van der Waals surface area contributed by atoms with Gasteiger partial charge in [-0.25, -0.2) is 0 Å². The van der Waals surface area contributed by atoms with Crippen molar-refractivity contribution in [3.8, 4) is 5.75 Å². The number of carbonyl (C=O) groups excluding carboxylic acids is 2. The van der Waals surface area contributed by atoms with E-state index in [0.29, 0.717) is 16.5 Å². The second kappa shape index (κ2) is 8.74. The van der Waals surface area contributed by atoms with E-state index in [1.165, 1.54) is 6.08 Å². The van der Waals surface area contributed by atoms with Crippen molar-refractivity contribution >= 4 is 35.2 Å². The molecule has 0 atom stereocenters. The summed E-state index contributed by atoms with van der Waals surface area (Å²) < 4.78 is 5.47. The zero-order valence-electron chi connectivity index (χ0n) is 12.9. The first-order chi connectivity index (χ1) is 11.5. The van der Waals surface area contributed by atoms with Crippen molar-refractivity contribution in [2.24, 2.45) is 5.73 Å². The van der Waals surface area contributed by atoms with E-state index in [1.807, 2.05) is 12.1 Å². The summed E-state index contributed by atoms with van der Waals surface area (Å²) in [6, 6.07) is 14.1. The molecule has 6 heteroatoms. The molecule has 24 heavy (non-hydrogen) atoms. The topological polar surface area (TPSA) is 81.4 Å². The predicted molar refractivity (Wildman–Crippen MR) is 94.9 cm³/mol. The number of nitrogens with one attached hydrogen (secondary N) is 1. The zero-order chi connectivity index (χ0) is 17.4. The highest BCUT2D eigenvalue weighted by Gasteiger charge is 2.06. The molecule has 0 bridgehead atoms. The molecule has 0 saturated heterocycles. The van der Waals surface area contributed by atoms with Crippen LogP contribution in [0.5, 0.6) is 5.75 Å². The van der Waals surface area contributed by atoms with Crippen LogP contribution in [0.4, 0.5) is 5.69 Å². The van der Waals surface area contributed by atoms with Crippen LogP contribution in [-0.2, 0) is 9.59 Å². The van der Waals surface area contributed by atoms with Crippen LogP contribution < -0.4 is 15.8 Å². The fourth-order valence-electron chi connectivity index (χ4n) is 1.91. The molecule has 0 radical (unpaired) electrons. The van der Waals surface area contributed by atoms with E-state index in [0.717, 1.165) is 5.56 Å². The van der Waals surface area contributed by atoms with Gasteiger partial charge in [0.05, 0.1) is 18.7 Å². The Hall–Kier alpha value is -2.79. The number of carbonyl (C=O) groups is 2. The van der Waals surface area contributed by atoms with Gasteiger partial charge in [0.25, 0.3) is 0 Å². The maximum Gasteiger partial charge on any atom is 0.248 e. The van der Waals surface area contributed by atoms with E-state index < -0.39 is 5.91 Å². The second-order valence-corrected chi connectivity index (χ2v) is 5.37. The molecule has 0 spiro atoms. The van der Waals surface area contributed by atoms with Crippen molar-refractivity contribution in [3.05, 3.63) is 65.2 Å². The smallest absolute Gasteiger partial charge is 0.248 e. The van der Waals surface area contributed by atoms with E-state index >= 15 is 0 Å². The molecular weight excluding hydrogens is 328 g/mol. The third-order valence-electron chi connectivity index (χ3n) is 3.03. The molecule has 0 heterocycles. The van der Waals surface area contributed by atoms with Gasteiger partial charge in [-0.3, -0.25) is 9.59 Å². The zero-order valence-corrected chi connectivity index (χ0v) is 13.6. The van der Waals surface area contributed by atoms with Crippen LogP contribution in [0.1, 0.15) is 12.0 Å². The Morgan fingerprint density at radius 2 is 1.96 bits per heavy atom. The van der Waals surface area contributed by atoms with Gasteiger partial charge in [0, 0.05) is 11.1 Å². The van der Waals surface area contributed by atoms with Gasteiger partial charge in [-0.05, 0) is 35.9 Å². The first-order valence-electron chi connectivity index (χ1n) is 7.29. The number of benzene rings is 2. The number of halogens is 1. The number of rotatable bonds is 7. The third kappa shape index (κ3) is 5.78. The standard InChI is InChI=1S/C18H17ClN2O3/c19-14-5-3-4-13(12-14)8-9-18(23)21-15-6-1-2-7-16(15)24-11-10-17(20)22/h1-9,12H,10-11H2,(H2,20,22)(H,21,23). The number of ether oxygens (including phenoxy) is 1. The highest BCUT2D eigenvalue weighted by molar-refractivity contribution is 6.30. The molecule has 2 aromatic rings. The minimum absolute atomic E-state index is 0.108. The highest BCUT2D eigenvalue weighted by Crippen LogP contribution is 2.24. The van der Waals surface area contributed by atoms with Crippen LogP contribution in [0, 0.1) is 0 Å². The first-order valence-corrected chi connectivity index (χ1v) is 7.67. The molecular formula is C18H17ClN2O3. The summed E-state index contributed by atoms with van der Waals surface area (Å²) in [6.07, 6.45) is 3.18. The van der Waals surface area contributed by atoms with Crippen LogP contribution in [0.2, 0.25) is 5.02 Å². The third-order valence-corrected chi connectivity index (χ3v) is 3.26. The number of para-hydroxylation sites is 2. The van der Waals surface area contributed by atoms with E-state index in [4.69, 9.17) is 22.1 Å². The molecule has 2 amide bonds. The van der Waals surface area contributed by atoms with Crippen LogP contribution in [-0.4, -0.2) is 18.4 Å². The van der Waals surface area contributed by atoms with Gasteiger partial charge in [0.1, 0.15) is 5.75 Å². The van der Waals surface area contributed by atoms with Crippen molar-refractivity contribution in [1.29, 1.82) is 0 Å². The monoisotopic (exact) mass is 344 g/mol. The van der Waals surface area contributed by atoms with E-state index in [1.54, 1.807) is 42.5 Å². The maximum atomic E-state index is 12.0. The van der Waals surface area contributed by atoms with Crippen molar-refractivity contribution in [3.63, 3.8) is 0 Å². The lowest BCUT2D eigenvalue weighted by Gasteiger charge is -2.10. The minimum atomic E-state index is -0.444. The molecule has 0 aromatic heterocycles. The fraction of sp³-hybridized carbons (Fsp3) is 0.111. The molecule has 124 valence electrons. The van der Waals surface area contributed by atoms with Gasteiger partial charge in [0.2, 0.25) is 11.8 Å². The van der Waals surface area contributed by atoms with Gasteiger partial charge in [0.15, 0.2) is 0 Å². The van der Waals surface area contributed by atoms with Gasteiger partial charge in [-0.15, -0.1) is 0 Å². The van der Waals surface area contributed by atoms with Crippen LogP contribution in [0.15, 0.2) is 54.6 Å². The van der Waals surface area contributed by atoms with E-state index in [-0.39, 0.29) is 18.9 Å². The Bertz CT molecular complexity index is 759. The number of anilines is 1. The minimum Gasteiger partial charge on any atom is -0.491 e. The second-order valence-electron chi connectivity index (χ2n) is 4.94. The number of hydrogen-bond acceptors (Lipinski definition) is 3. The van der Waals surface area contributed by atoms with Crippen LogP contribution in [0.3, 0.4) is 0 Å². The largest absolute Gasteiger partial charge is 0.491 e. The van der Waals surface area contributed by atoms with Gasteiger partial charge < -0.3 is 15.8 Å². The van der Waals surface area contributed by atoms with Crippen molar-refractivity contribution in [2.45, 2.75) is 6.42 Å². The van der Waals surface area contributed by atoms with Gasteiger partial charge >= 0.3 is 0 Å². The lowest BCUT2D eigenvalue weighted by Crippen LogP contribution is -2.15. The molecule has 2 aromatic carbocycles. The number of primary amides is 1. The fourth-order valence-corrected chi connectivity index (χ4v) is 2.11. The van der Waals surface area contributed by atoms with Gasteiger partial charge in [-0.2, -0.15) is 0 Å². The van der Waals surface area contributed by atoms with Crippen LogP contribution >= 0.6 is 11.6 Å². The molecule has 0 aliphatic rings. The number of nitrogens with two attached hydrogens (primary N) is 1. The van der Waals surface area contributed by atoms with Crippen LogP contribution in [0.25, 0.3) is 6.08 Å². The van der Waals surface area contributed by atoms with E-state index in [2.05, 4.69) is 5.32 Å². The molecule has 0 aliphatic heterocycles. The molecule has 3 N–H and O–H groups in total. The average Bonchev–Trinajstić information content (AvgIpc) is 2.54. The summed E-state index contributed by atoms with van der Waals surface area (Å²) in [4.78, 5) is 22.8. The summed E-state index contributed by atoms with van der Waals surface area (Å²) in [5, 5.41) is 3.34. The molecule has 5 nitrogen and oxygen atoms in total. The Morgan fingerprint density at radius 1 is 1.17 bits per heavy atom. The first kappa shape index (κ1) is 17.6. The molecule has 2 rings (SSSR count). The number of hydrogen-bond donors (Lipinski definition) is 2. The summed E-state index contributed by atoms with van der Waals surface area (Å²) in [5.74, 6) is -0.273. The highest BCUT2D eigenvalue weighted by atomic mass is 35.5. The van der Waals surface area contributed by atoms with Crippen molar-refractivity contribution < 1.29 is 14.3 Å². The Morgan fingerprint density at radius 3 is 2.71 bits per heavy atom. The van der Waals surface area contributed by atoms with Crippen molar-refractivity contribution in [2.75, 3.05) is 11.9 Å². The number of amides is 2. The summed E-state index contributed by atoms with van der Waals surface area (Å²) >= 11 is 5.90. The summed E-state index contributed by atoms with van der Waals surface area (Å²) in [6.45, 7) is 0.153. The SMILES string of the molecule is NC(=O)CCOc1ccccc1NC(=O)C=Cc1cccc(Cl)c1. The summed E-state index contributed by atoms with van der Waals surface area (Å²) in [7, 11) is 0. The Labute approximate surface area is 145 Å². The lowest BCUT2D eigenvalue weighted by molar-refractivity contribution is -0.118. The lowest BCUT2D eigenvalue weighted by atomic mass is 10.2. The normalized spacial score (nSPS) is 10.5. The molecule has 0 unspecified atom stereocenters. The van der Waals surface area contributed by atoms with Crippen molar-refractivity contribution in [1.82, 2.24) is 0 Å². The quantitative estimate of drug-likeness (QED) is 0.756. The van der Waals surface area contributed by atoms with E-state index in [9.17, 15) is 9.59 Å². The molecule has 0 saturated carbocycles. The van der Waals surface area contributed by atoms with Gasteiger partial charge in [-0.1, -0.05) is 35.9 Å². The molecule has 0 fully saturated rings. The average molecular weight is 345 g/mol. The Balaban J connectivity index is 1.99. The maximum absolute atomic E-state index is 12.0. The summed E-state index contributed by atoms with van der Waals surface area (Å²) in [5.41, 5.74) is 6.41.